The number of rotatable bonds is 6. The Hall–Kier alpha value is -3.33. The first kappa shape index (κ1) is 20.9. The second-order valence-electron chi connectivity index (χ2n) is 6.64. The van der Waals surface area contributed by atoms with E-state index in [0.29, 0.717) is 28.4 Å². The lowest BCUT2D eigenvalue weighted by Crippen LogP contribution is -2.24. The lowest BCUT2D eigenvalue weighted by molar-refractivity contribution is -0.274. The van der Waals surface area contributed by atoms with Crippen LogP contribution in [0.1, 0.15) is 11.1 Å². The van der Waals surface area contributed by atoms with Crippen molar-refractivity contribution in [2.45, 2.75) is 23.8 Å². The molecule has 5 nitrogen and oxygen atoms in total. The van der Waals surface area contributed by atoms with Crippen LogP contribution in [0.15, 0.2) is 83.0 Å². The highest BCUT2D eigenvalue weighted by molar-refractivity contribution is 7.98. The zero-order valence-electron chi connectivity index (χ0n) is 16.0. The molecule has 0 radical (unpaired) electrons. The van der Waals surface area contributed by atoms with Gasteiger partial charge in [0.1, 0.15) is 5.75 Å². The first-order valence-corrected chi connectivity index (χ1v) is 10.2. The van der Waals surface area contributed by atoms with Gasteiger partial charge >= 0.3 is 6.36 Å². The van der Waals surface area contributed by atoms with Gasteiger partial charge in [0, 0.05) is 18.1 Å². The molecular weight excluding hydrogens is 427 g/mol. The summed E-state index contributed by atoms with van der Waals surface area (Å²) in [6, 6.07) is 16.4. The van der Waals surface area contributed by atoms with Crippen molar-refractivity contribution in [1.82, 2.24) is 14.5 Å². The summed E-state index contributed by atoms with van der Waals surface area (Å²) in [5.74, 6) is 0.142. The van der Waals surface area contributed by atoms with Crippen LogP contribution < -0.4 is 10.3 Å². The van der Waals surface area contributed by atoms with Gasteiger partial charge in [-0.2, -0.15) is 0 Å². The maximum absolute atomic E-state index is 13.1. The van der Waals surface area contributed by atoms with E-state index in [0.717, 1.165) is 11.1 Å². The number of ether oxygens (including phenoxy) is 1. The Bertz CT molecular complexity index is 1240. The number of thioether (sulfide) groups is 1. The third-order valence-corrected chi connectivity index (χ3v) is 5.46. The Kier molecular flexibility index (Phi) is 5.94. The van der Waals surface area contributed by atoms with E-state index >= 15 is 0 Å². The fraction of sp³-hybridized carbons (Fsp3) is 0.136. The number of benzene rings is 2. The van der Waals surface area contributed by atoms with Crippen molar-refractivity contribution in [2.24, 2.45) is 0 Å². The molecule has 4 rings (SSSR count). The minimum Gasteiger partial charge on any atom is -0.406 e. The number of halogens is 3. The molecule has 0 aliphatic carbocycles. The van der Waals surface area contributed by atoms with Gasteiger partial charge in [-0.1, -0.05) is 42.1 Å². The Balaban J connectivity index is 1.61. The zero-order valence-corrected chi connectivity index (χ0v) is 16.9. The summed E-state index contributed by atoms with van der Waals surface area (Å²) in [5, 5.41) is 1.03. The largest absolute Gasteiger partial charge is 0.573 e. The van der Waals surface area contributed by atoms with Crippen molar-refractivity contribution in [3.8, 4) is 5.75 Å². The van der Waals surface area contributed by atoms with E-state index in [-0.39, 0.29) is 11.3 Å². The summed E-state index contributed by atoms with van der Waals surface area (Å²) in [6.45, 7) is 0.311. The van der Waals surface area contributed by atoms with Crippen molar-refractivity contribution in [3.05, 3.63) is 94.5 Å². The second-order valence-corrected chi connectivity index (χ2v) is 7.59. The number of para-hydroxylation sites is 1. The Morgan fingerprint density at radius 3 is 2.45 bits per heavy atom. The molecule has 158 valence electrons. The van der Waals surface area contributed by atoms with Crippen LogP contribution in [0.25, 0.3) is 10.9 Å². The molecule has 31 heavy (non-hydrogen) atoms. The predicted octanol–water partition coefficient (Wildman–Crippen LogP) is 5.03. The van der Waals surface area contributed by atoms with Crippen molar-refractivity contribution in [1.29, 1.82) is 0 Å². The summed E-state index contributed by atoms with van der Waals surface area (Å²) in [4.78, 5) is 21.8. The lowest BCUT2D eigenvalue weighted by atomic mass is 10.2. The molecule has 0 atom stereocenters. The van der Waals surface area contributed by atoms with Gasteiger partial charge in [0.15, 0.2) is 5.16 Å². The molecule has 0 amide bonds. The minimum atomic E-state index is -4.73. The molecular formula is C22H16F3N3O2S. The van der Waals surface area contributed by atoms with E-state index in [1.165, 1.54) is 23.9 Å². The molecule has 2 aromatic carbocycles. The highest BCUT2D eigenvalue weighted by Crippen LogP contribution is 2.26. The van der Waals surface area contributed by atoms with Gasteiger partial charge in [0.05, 0.1) is 17.4 Å². The first-order chi connectivity index (χ1) is 14.9. The molecule has 0 aliphatic rings. The molecule has 0 fully saturated rings. The van der Waals surface area contributed by atoms with Gasteiger partial charge in [-0.25, -0.2) is 4.98 Å². The number of nitrogens with zero attached hydrogens (tertiary/aromatic N) is 3. The number of hydrogen-bond acceptors (Lipinski definition) is 5. The molecule has 4 aromatic rings. The minimum absolute atomic E-state index is 0.161. The SMILES string of the molecule is O=c1c2ccccc2nc(SCc2ccc(OC(F)(F)F)cc2)n1Cc1cccnc1. The first-order valence-electron chi connectivity index (χ1n) is 9.25. The number of alkyl halides is 3. The summed E-state index contributed by atoms with van der Waals surface area (Å²) < 4.78 is 42.5. The van der Waals surface area contributed by atoms with Crippen LogP contribution in [0.3, 0.4) is 0 Å². The van der Waals surface area contributed by atoms with Crippen LogP contribution in [0.2, 0.25) is 0 Å². The van der Waals surface area contributed by atoms with Crippen LogP contribution in [0.5, 0.6) is 5.75 Å². The maximum Gasteiger partial charge on any atom is 0.573 e. The molecule has 0 saturated heterocycles. The monoisotopic (exact) mass is 443 g/mol. The molecule has 2 aromatic heterocycles. The smallest absolute Gasteiger partial charge is 0.406 e. The van der Waals surface area contributed by atoms with Gasteiger partial charge in [0.2, 0.25) is 0 Å². The zero-order chi connectivity index (χ0) is 21.8. The third-order valence-electron chi connectivity index (χ3n) is 4.41. The average molecular weight is 443 g/mol. The topological polar surface area (TPSA) is 57.0 Å². The van der Waals surface area contributed by atoms with Crippen molar-refractivity contribution < 1.29 is 17.9 Å². The van der Waals surface area contributed by atoms with Gasteiger partial charge < -0.3 is 4.74 Å². The van der Waals surface area contributed by atoms with Crippen molar-refractivity contribution in [2.75, 3.05) is 0 Å². The van der Waals surface area contributed by atoms with Crippen molar-refractivity contribution in [3.63, 3.8) is 0 Å². The van der Waals surface area contributed by atoms with Crippen LogP contribution in [-0.2, 0) is 12.3 Å². The molecule has 0 spiro atoms. The Morgan fingerprint density at radius 1 is 0.968 bits per heavy atom. The van der Waals surface area contributed by atoms with Gasteiger partial charge in [-0.15, -0.1) is 13.2 Å². The summed E-state index contributed by atoms with van der Waals surface area (Å²) in [7, 11) is 0. The molecule has 0 bridgehead atoms. The molecule has 0 saturated carbocycles. The molecule has 0 unspecified atom stereocenters. The highest BCUT2D eigenvalue weighted by Gasteiger charge is 2.30. The lowest BCUT2D eigenvalue weighted by Gasteiger charge is -2.13. The van der Waals surface area contributed by atoms with Gasteiger partial charge in [-0.3, -0.25) is 14.3 Å². The summed E-state index contributed by atoms with van der Waals surface area (Å²) in [6.07, 6.45) is -1.38. The molecule has 2 heterocycles. The van der Waals surface area contributed by atoms with Crippen LogP contribution >= 0.6 is 11.8 Å². The highest BCUT2D eigenvalue weighted by atomic mass is 32.2. The standard InChI is InChI=1S/C22H16F3N3O2S/c23-22(24,25)30-17-9-7-15(8-10-17)14-31-21-27-19-6-2-1-5-18(19)20(29)28(21)13-16-4-3-11-26-12-16/h1-12H,13-14H2. The molecule has 0 N–H and O–H groups in total. The van der Waals surface area contributed by atoms with E-state index in [2.05, 4.69) is 14.7 Å². The van der Waals surface area contributed by atoms with Crippen molar-refractivity contribution >= 4 is 22.7 Å². The van der Waals surface area contributed by atoms with Crippen LogP contribution in [0, 0.1) is 0 Å². The van der Waals surface area contributed by atoms with E-state index in [1.807, 2.05) is 12.1 Å². The average Bonchev–Trinajstić information content (AvgIpc) is 2.75. The Morgan fingerprint density at radius 2 is 1.74 bits per heavy atom. The molecule has 0 aliphatic heterocycles. The maximum atomic E-state index is 13.1. The van der Waals surface area contributed by atoms with E-state index in [4.69, 9.17) is 0 Å². The van der Waals surface area contributed by atoms with Crippen LogP contribution in [-0.4, -0.2) is 20.9 Å². The van der Waals surface area contributed by atoms with Crippen LogP contribution in [0.4, 0.5) is 13.2 Å². The normalized spacial score (nSPS) is 11.6. The van der Waals surface area contributed by atoms with Gasteiger partial charge in [0.25, 0.3) is 5.56 Å². The summed E-state index contributed by atoms with van der Waals surface area (Å²) in [5.41, 5.74) is 2.06. The van der Waals surface area contributed by atoms with E-state index in [1.54, 1.807) is 53.4 Å². The number of aromatic nitrogens is 3. The summed E-state index contributed by atoms with van der Waals surface area (Å²) >= 11 is 1.34. The van der Waals surface area contributed by atoms with E-state index in [9.17, 15) is 18.0 Å². The predicted molar refractivity (Wildman–Crippen MR) is 112 cm³/mol. The fourth-order valence-electron chi connectivity index (χ4n) is 3.01. The Labute approximate surface area is 179 Å². The number of pyridine rings is 1. The number of hydrogen-bond donors (Lipinski definition) is 0. The third kappa shape index (κ3) is 5.24. The number of fused-ring (bicyclic) bond motifs is 1. The van der Waals surface area contributed by atoms with Gasteiger partial charge in [-0.05, 0) is 41.5 Å². The molecule has 9 heteroatoms. The quantitative estimate of drug-likeness (QED) is 0.309. The second kappa shape index (κ2) is 8.81. The van der Waals surface area contributed by atoms with E-state index < -0.39 is 6.36 Å². The fourth-order valence-corrected chi connectivity index (χ4v) is 3.96.